The van der Waals surface area contributed by atoms with Crippen molar-refractivity contribution in [1.29, 1.82) is 0 Å². The van der Waals surface area contributed by atoms with Crippen LogP contribution in [0.2, 0.25) is 5.02 Å². The Hall–Kier alpha value is -2.38. The van der Waals surface area contributed by atoms with Crippen LogP contribution in [-0.4, -0.2) is 48.2 Å². The number of nitrogens with one attached hydrogen (secondary N) is 2. The molecule has 1 amide bonds. The quantitative estimate of drug-likeness (QED) is 0.742. The van der Waals surface area contributed by atoms with Crippen molar-refractivity contribution in [2.24, 2.45) is 15.7 Å². The van der Waals surface area contributed by atoms with Crippen molar-refractivity contribution in [3.8, 4) is 0 Å². The molecule has 0 spiro atoms. The lowest BCUT2D eigenvalue weighted by Gasteiger charge is -2.28. The first-order valence-electron chi connectivity index (χ1n) is 8.78. The van der Waals surface area contributed by atoms with Crippen LogP contribution >= 0.6 is 11.6 Å². The number of aliphatic imine (C=N–C) groups is 2. The smallest absolute Gasteiger partial charge is 0.266 e. The zero-order valence-corrected chi connectivity index (χ0v) is 15.0. The molecule has 7 nitrogen and oxygen atoms in total. The number of halogens is 1. The summed E-state index contributed by atoms with van der Waals surface area (Å²) in [5.74, 6) is 0.882. The predicted octanol–water partition coefficient (Wildman–Crippen LogP) is 1.18. The normalized spacial score (nSPS) is 26.8. The number of carbonyl (C=O) groups excluding carboxylic acids is 1. The molecule has 1 fully saturated rings. The number of hydrogen-bond acceptors (Lipinski definition) is 5. The molecule has 1 unspecified atom stereocenters. The number of piperidine rings is 1. The SMILES string of the molecule is NC(=O)C1=CNC(=N[C@H]2CCCNC2)C2=NC(c3ccc(Cl)cc3)CN12. The van der Waals surface area contributed by atoms with Crippen LogP contribution in [0.3, 0.4) is 0 Å². The first-order valence-corrected chi connectivity index (χ1v) is 9.16. The van der Waals surface area contributed by atoms with Crippen molar-refractivity contribution in [1.82, 2.24) is 15.5 Å². The number of primary amides is 1. The van der Waals surface area contributed by atoms with Crippen molar-refractivity contribution in [3.05, 3.63) is 46.7 Å². The minimum atomic E-state index is -0.486. The number of fused-ring (bicyclic) bond motifs is 1. The van der Waals surface area contributed by atoms with Crippen LogP contribution in [0.4, 0.5) is 0 Å². The summed E-state index contributed by atoms with van der Waals surface area (Å²) in [6, 6.07) is 7.71. The first-order chi connectivity index (χ1) is 12.6. The zero-order chi connectivity index (χ0) is 18.1. The third kappa shape index (κ3) is 3.32. The van der Waals surface area contributed by atoms with Gasteiger partial charge in [0.05, 0.1) is 18.6 Å². The van der Waals surface area contributed by atoms with E-state index in [0.717, 1.165) is 31.5 Å². The summed E-state index contributed by atoms with van der Waals surface area (Å²) in [5.41, 5.74) is 6.99. The number of benzene rings is 1. The van der Waals surface area contributed by atoms with Crippen LogP contribution in [-0.2, 0) is 4.79 Å². The number of amides is 1. The Morgan fingerprint density at radius 3 is 2.85 bits per heavy atom. The van der Waals surface area contributed by atoms with Gasteiger partial charge in [0.25, 0.3) is 5.91 Å². The lowest BCUT2D eigenvalue weighted by Crippen LogP contribution is -2.48. The molecule has 0 saturated carbocycles. The highest BCUT2D eigenvalue weighted by molar-refractivity contribution is 6.42. The summed E-state index contributed by atoms with van der Waals surface area (Å²) in [4.78, 5) is 23.3. The van der Waals surface area contributed by atoms with E-state index in [1.54, 1.807) is 6.20 Å². The predicted molar refractivity (Wildman–Crippen MR) is 102 cm³/mol. The van der Waals surface area contributed by atoms with Gasteiger partial charge in [-0.15, -0.1) is 0 Å². The fraction of sp³-hybridized carbons (Fsp3) is 0.389. The largest absolute Gasteiger partial charge is 0.364 e. The number of nitrogens with zero attached hydrogens (tertiary/aromatic N) is 3. The van der Waals surface area contributed by atoms with E-state index < -0.39 is 5.91 Å². The van der Waals surface area contributed by atoms with Gasteiger partial charge in [0.1, 0.15) is 5.70 Å². The van der Waals surface area contributed by atoms with Gasteiger partial charge < -0.3 is 21.3 Å². The van der Waals surface area contributed by atoms with Crippen molar-refractivity contribution >= 4 is 29.2 Å². The Balaban J connectivity index is 1.66. The van der Waals surface area contributed by atoms with Gasteiger partial charge in [0.15, 0.2) is 11.7 Å². The molecular weight excluding hydrogens is 352 g/mol. The maximum atomic E-state index is 11.8. The molecule has 0 aliphatic carbocycles. The summed E-state index contributed by atoms with van der Waals surface area (Å²) in [6.45, 7) is 2.44. The van der Waals surface area contributed by atoms with E-state index in [4.69, 9.17) is 27.3 Å². The van der Waals surface area contributed by atoms with E-state index in [9.17, 15) is 4.79 Å². The van der Waals surface area contributed by atoms with Gasteiger partial charge in [-0.3, -0.25) is 14.8 Å². The highest BCUT2D eigenvalue weighted by Crippen LogP contribution is 2.30. The molecular formula is C18H21ClN6O. The second-order valence-electron chi connectivity index (χ2n) is 6.65. The second kappa shape index (κ2) is 7.09. The van der Waals surface area contributed by atoms with Crippen LogP contribution in [0.5, 0.6) is 0 Å². The van der Waals surface area contributed by atoms with Crippen LogP contribution in [0.25, 0.3) is 0 Å². The summed E-state index contributed by atoms with van der Waals surface area (Å²) >= 11 is 5.99. The Morgan fingerprint density at radius 1 is 1.35 bits per heavy atom. The van der Waals surface area contributed by atoms with Crippen LogP contribution in [0.15, 0.2) is 46.1 Å². The Labute approximate surface area is 157 Å². The third-order valence-corrected chi connectivity index (χ3v) is 5.08. The molecule has 26 heavy (non-hydrogen) atoms. The van der Waals surface area contributed by atoms with Gasteiger partial charge in [0.2, 0.25) is 0 Å². The molecule has 1 saturated heterocycles. The summed E-state index contributed by atoms with van der Waals surface area (Å²) in [5, 5.41) is 7.16. The van der Waals surface area contributed by atoms with Crippen molar-refractivity contribution in [2.45, 2.75) is 24.9 Å². The maximum Gasteiger partial charge on any atom is 0.266 e. The average Bonchev–Trinajstić information content (AvgIpc) is 3.09. The van der Waals surface area contributed by atoms with Crippen LogP contribution in [0.1, 0.15) is 24.4 Å². The van der Waals surface area contributed by atoms with Gasteiger partial charge in [-0.2, -0.15) is 0 Å². The van der Waals surface area contributed by atoms with Gasteiger partial charge in [-0.25, -0.2) is 0 Å². The number of hydrogen-bond donors (Lipinski definition) is 3. The second-order valence-corrected chi connectivity index (χ2v) is 7.08. The van der Waals surface area contributed by atoms with E-state index in [-0.39, 0.29) is 12.1 Å². The van der Waals surface area contributed by atoms with Gasteiger partial charge >= 0.3 is 0 Å². The first kappa shape index (κ1) is 17.1. The van der Waals surface area contributed by atoms with Gasteiger partial charge in [-0.05, 0) is 37.1 Å². The minimum Gasteiger partial charge on any atom is -0.364 e. The standard InChI is InChI=1S/C18H21ClN6O/c19-12-5-3-11(4-6-12)14-10-25-15(16(20)26)9-22-17(18(25)24-14)23-13-2-1-7-21-8-13/h3-6,9,13-14,21H,1-2,7-8,10H2,(H2,20,26)(H,22,23)/t13-,14?/m0/s1. The number of rotatable bonds is 3. The molecule has 3 aliphatic rings. The monoisotopic (exact) mass is 372 g/mol. The van der Waals surface area contributed by atoms with E-state index in [0.29, 0.717) is 28.9 Å². The van der Waals surface area contributed by atoms with Gasteiger partial charge in [-0.1, -0.05) is 23.7 Å². The number of nitrogens with two attached hydrogens (primary N) is 1. The van der Waals surface area contributed by atoms with E-state index in [1.807, 2.05) is 29.2 Å². The fourth-order valence-corrected chi connectivity index (χ4v) is 3.61. The number of carbonyl (C=O) groups is 1. The van der Waals surface area contributed by atoms with Gasteiger partial charge in [0, 0.05) is 17.8 Å². The van der Waals surface area contributed by atoms with E-state index in [2.05, 4.69) is 10.6 Å². The molecule has 136 valence electrons. The molecule has 4 rings (SSSR count). The minimum absolute atomic E-state index is 0.0976. The average molecular weight is 373 g/mol. The van der Waals surface area contributed by atoms with Crippen molar-refractivity contribution in [3.63, 3.8) is 0 Å². The lowest BCUT2D eigenvalue weighted by molar-refractivity contribution is -0.115. The Bertz CT molecular complexity index is 794. The lowest BCUT2D eigenvalue weighted by atomic mass is 10.1. The number of amidine groups is 2. The van der Waals surface area contributed by atoms with Crippen LogP contribution in [0, 0.1) is 0 Å². The molecule has 0 bridgehead atoms. The molecule has 2 atom stereocenters. The summed E-state index contributed by atoms with van der Waals surface area (Å²) < 4.78 is 0. The molecule has 1 aromatic rings. The highest BCUT2D eigenvalue weighted by Gasteiger charge is 2.36. The maximum absolute atomic E-state index is 11.8. The molecule has 4 N–H and O–H groups in total. The molecule has 8 heteroatoms. The van der Waals surface area contributed by atoms with E-state index >= 15 is 0 Å². The summed E-state index contributed by atoms with van der Waals surface area (Å²) in [7, 11) is 0. The third-order valence-electron chi connectivity index (χ3n) is 4.83. The molecule has 3 heterocycles. The highest BCUT2D eigenvalue weighted by atomic mass is 35.5. The van der Waals surface area contributed by atoms with Crippen molar-refractivity contribution in [2.75, 3.05) is 19.6 Å². The molecule has 0 aromatic heterocycles. The Morgan fingerprint density at radius 2 is 2.15 bits per heavy atom. The topological polar surface area (TPSA) is 95.1 Å². The Kier molecular flexibility index (Phi) is 4.65. The van der Waals surface area contributed by atoms with E-state index in [1.165, 1.54) is 0 Å². The van der Waals surface area contributed by atoms with Crippen molar-refractivity contribution < 1.29 is 4.79 Å². The van der Waals surface area contributed by atoms with Crippen LogP contribution < -0.4 is 16.4 Å². The zero-order valence-electron chi connectivity index (χ0n) is 14.3. The molecule has 3 aliphatic heterocycles. The molecule has 0 radical (unpaired) electrons. The fourth-order valence-electron chi connectivity index (χ4n) is 3.49. The molecule has 1 aromatic carbocycles. The summed E-state index contributed by atoms with van der Waals surface area (Å²) in [6.07, 6.45) is 3.77.